The lowest BCUT2D eigenvalue weighted by atomic mass is 9.80. The van der Waals surface area contributed by atoms with E-state index in [2.05, 4.69) is 45.7 Å². The Kier molecular flexibility index (Phi) is 14.7. The number of piperazine rings is 1. The van der Waals surface area contributed by atoms with Crippen molar-refractivity contribution >= 4 is 69.4 Å². The molecule has 4 aliphatic rings. The third-order valence-corrected chi connectivity index (χ3v) is 15.6. The molecule has 0 bridgehead atoms. The molecule has 1 unspecified atom stereocenters. The molecule has 1 aromatic carbocycles. The summed E-state index contributed by atoms with van der Waals surface area (Å²) in [5, 5.41) is 23.7. The molecule has 376 valence electrons. The average Bonchev–Trinajstić information content (AvgIpc) is 4.10. The number of hydrogen-bond donors (Lipinski definition) is 5. The van der Waals surface area contributed by atoms with Crippen LogP contribution in [0.2, 0.25) is 0 Å². The highest BCUT2D eigenvalue weighted by Crippen LogP contribution is 2.40. The van der Waals surface area contributed by atoms with E-state index in [0.29, 0.717) is 75.9 Å². The third kappa shape index (κ3) is 11.1. The Morgan fingerprint density at radius 3 is 2.39 bits per heavy atom. The zero-order valence-electron chi connectivity index (χ0n) is 41.2. The highest BCUT2D eigenvalue weighted by molar-refractivity contribution is 7.13. The standard InChI is InChI=1S/C52H66N12O6S/c1-33-44(71-32-57-33)35-15-13-34(14-16-35)27-54-47(68)39-26-38(65)30-63(39)49(70)45(51(2,3)4)59-42(66)11-7-5-8-12-43(67)62-23-21-61(22-24-62)37-17-18-41(53-29-37)58-50-55-28-36-25-40-48(69)56-31-52(19-9-6-10-20-52)64(40)46(36)60-50/h13-18,25,28-29,32,38-39,45,65H,5-12,19-24,26-27,30-31H2,1-4H3,(H,54,68)(H,56,69)(H,59,66)(H,53,55,58,60)/t38-,39+,45?/m1/s1. The van der Waals surface area contributed by atoms with Gasteiger partial charge in [0, 0.05) is 76.7 Å². The number of rotatable bonds is 15. The molecule has 4 aromatic heterocycles. The first-order valence-electron chi connectivity index (χ1n) is 25.1. The Morgan fingerprint density at radius 1 is 0.930 bits per heavy atom. The summed E-state index contributed by atoms with van der Waals surface area (Å²) in [6, 6.07) is 11.9. The number of β-amino-alcohol motifs (C(OH)–C–C–N with tert-alkyl or cyclic N) is 1. The van der Waals surface area contributed by atoms with Gasteiger partial charge >= 0.3 is 0 Å². The maximum absolute atomic E-state index is 14.1. The van der Waals surface area contributed by atoms with Gasteiger partial charge in [-0.3, -0.25) is 24.0 Å². The maximum Gasteiger partial charge on any atom is 0.268 e. The van der Waals surface area contributed by atoms with E-state index in [-0.39, 0.29) is 55.1 Å². The topological polar surface area (TPSA) is 220 Å². The molecule has 2 saturated heterocycles. The molecule has 0 radical (unpaired) electrons. The summed E-state index contributed by atoms with van der Waals surface area (Å²) in [4.78, 5) is 92.0. The lowest BCUT2D eigenvalue weighted by Gasteiger charge is -2.42. The van der Waals surface area contributed by atoms with Gasteiger partial charge in [0.1, 0.15) is 29.2 Å². The first-order valence-corrected chi connectivity index (χ1v) is 26.0. The van der Waals surface area contributed by atoms with Gasteiger partial charge in [-0.15, -0.1) is 11.3 Å². The molecule has 5 amide bonds. The quantitative estimate of drug-likeness (QED) is 0.0785. The van der Waals surface area contributed by atoms with Crippen molar-refractivity contribution in [3.8, 4) is 10.4 Å². The van der Waals surface area contributed by atoms with Crippen molar-refractivity contribution in [3.05, 3.63) is 77.3 Å². The van der Waals surface area contributed by atoms with Crippen LogP contribution in [0, 0.1) is 12.3 Å². The molecule has 18 nitrogen and oxygen atoms in total. The monoisotopic (exact) mass is 986 g/mol. The van der Waals surface area contributed by atoms with Crippen LogP contribution in [-0.4, -0.2) is 126 Å². The third-order valence-electron chi connectivity index (χ3n) is 14.6. The molecular weight excluding hydrogens is 921 g/mol. The molecule has 3 aliphatic heterocycles. The Labute approximate surface area is 418 Å². The lowest BCUT2D eigenvalue weighted by molar-refractivity contribution is -0.144. The van der Waals surface area contributed by atoms with E-state index in [0.717, 1.165) is 64.1 Å². The summed E-state index contributed by atoms with van der Waals surface area (Å²) in [6.45, 7) is 11.0. The minimum Gasteiger partial charge on any atom is -0.391 e. The van der Waals surface area contributed by atoms with Crippen LogP contribution in [0.5, 0.6) is 0 Å². The molecule has 7 heterocycles. The number of nitrogens with one attached hydrogen (secondary N) is 4. The Hall–Kier alpha value is -6.47. The first-order chi connectivity index (χ1) is 34.2. The average molecular weight is 987 g/mol. The molecule has 19 heteroatoms. The van der Waals surface area contributed by atoms with Gasteiger partial charge in [-0.2, -0.15) is 4.98 Å². The van der Waals surface area contributed by atoms with Gasteiger partial charge in [-0.1, -0.05) is 70.7 Å². The van der Waals surface area contributed by atoms with Crippen LogP contribution in [0.15, 0.2) is 60.4 Å². The number of amides is 5. The second-order valence-electron chi connectivity index (χ2n) is 20.7. The summed E-state index contributed by atoms with van der Waals surface area (Å²) in [5.41, 5.74) is 6.27. The molecule has 71 heavy (non-hydrogen) atoms. The van der Waals surface area contributed by atoms with Gasteiger partial charge in [0.05, 0.1) is 39.6 Å². The zero-order valence-corrected chi connectivity index (χ0v) is 42.0. The number of unbranched alkanes of at least 4 members (excludes halogenated alkanes) is 2. The number of aromatic nitrogens is 5. The van der Waals surface area contributed by atoms with Crippen molar-refractivity contribution in [3.63, 3.8) is 0 Å². The smallest absolute Gasteiger partial charge is 0.268 e. The van der Waals surface area contributed by atoms with Gasteiger partial charge in [0.2, 0.25) is 29.6 Å². The van der Waals surface area contributed by atoms with Gasteiger partial charge in [0.15, 0.2) is 0 Å². The lowest BCUT2D eigenvalue weighted by Crippen LogP contribution is -2.57. The fraction of sp³-hybridized carbons (Fsp3) is 0.519. The first kappa shape index (κ1) is 49.5. The molecule has 1 saturated carbocycles. The highest BCUT2D eigenvalue weighted by Gasteiger charge is 2.45. The van der Waals surface area contributed by atoms with E-state index in [1.54, 1.807) is 17.5 Å². The number of anilines is 3. The normalized spacial score (nSPS) is 19.3. The minimum atomic E-state index is -0.906. The van der Waals surface area contributed by atoms with Crippen LogP contribution in [-0.2, 0) is 31.3 Å². The fourth-order valence-corrected chi connectivity index (χ4v) is 11.4. The molecule has 3 atom stereocenters. The van der Waals surface area contributed by atoms with Crippen molar-refractivity contribution < 1.29 is 29.1 Å². The Balaban J connectivity index is 0.694. The van der Waals surface area contributed by atoms with Crippen molar-refractivity contribution in [1.82, 2.24) is 50.3 Å². The van der Waals surface area contributed by atoms with E-state index in [1.165, 1.54) is 11.3 Å². The molecule has 1 aliphatic carbocycles. The van der Waals surface area contributed by atoms with Crippen LogP contribution in [0.25, 0.3) is 21.5 Å². The van der Waals surface area contributed by atoms with Crippen molar-refractivity contribution in [1.29, 1.82) is 0 Å². The molecule has 3 fully saturated rings. The summed E-state index contributed by atoms with van der Waals surface area (Å²) < 4.78 is 2.16. The number of likely N-dealkylation sites (tertiary alicyclic amines) is 1. The van der Waals surface area contributed by atoms with Gasteiger partial charge in [-0.05, 0) is 67.3 Å². The van der Waals surface area contributed by atoms with Crippen LogP contribution < -0.4 is 26.2 Å². The van der Waals surface area contributed by atoms with Crippen LogP contribution >= 0.6 is 11.3 Å². The predicted octanol–water partition coefficient (Wildman–Crippen LogP) is 5.81. The van der Waals surface area contributed by atoms with E-state index in [9.17, 15) is 29.1 Å². The second kappa shape index (κ2) is 21.1. The van der Waals surface area contributed by atoms with E-state index in [4.69, 9.17) is 4.98 Å². The summed E-state index contributed by atoms with van der Waals surface area (Å²) in [7, 11) is 0. The minimum absolute atomic E-state index is 0.00382. The molecule has 5 aromatic rings. The van der Waals surface area contributed by atoms with E-state index in [1.807, 2.05) is 86.8 Å². The number of hydrogen-bond acceptors (Lipinski definition) is 13. The number of fused-ring (bicyclic) bond motifs is 4. The van der Waals surface area contributed by atoms with Gasteiger partial charge in [0.25, 0.3) is 5.91 Å². The number of nitrogens with zero attached hydrogens (tertiary/aromatic N) is 8. The zero-order chi connectivity index (χ0) is 49.9. The van der Waals surface area contributed by atoms with Crippen LogP contribution in [0.4, 0.5) is 17.5 Å². The number of thiazole rings is 1. The van der Waals surface area contributed by atoms with Gasteiger partial charge in [-0.25, -0.2) is 15.0 Å². The number of aryl methyl sites for hydroxylation is 1. The fourth-order valence-electron chi connectivity index (χ4n) is 10.6. The molecule has 1 spiro atoms. The predicted molar refractivity (Wildman–Crippen MR) is 272 cm³/mol. The molecule has 5 N–H and O–H groups in total. The number of carbonyl (C=O) groups is 5. The Bertz CT molecular complexity index is 2740. The van der Waals surface area contributed by atoms with Crippen LogP contribution in [0.3, 0.4) is 0 Å². The number of pyridine rings is 1. The number of aliphatic hydroxyl groups excluding tert-OH is 1. The summed E-state index contributed by atoms with van der Waals surface area (Å²) >= 11 is 1.58. The maximum atomic E-state index is 14.1. The van der Waals surface area contributed by atoms with Gasteiger partial charge < -0.3 is 45.6 Å². The SMILES string of the molecule is Cc1ncsc1-c1ccc(CNC(=O)[C@@H]2C[C@@H](O)CN2C(=O)C(NC(=O)CCCCCC(=O)N2CCN(c3ccc(Nc4ncc5cc6n(c5n4)C4(CCCCC4)CNC6=O)nc3)CC2)C(C)(C)C)cc1. The van der Waals surface area contributed by atoms with Crippen molar-refractivity contribution in [2.75, 3.05) is 49.5 Å². The van der Waals surface area contributed by atoms with Crippen LogP contribution in [0.1, 0.15) is 113 Å². The number of carbonyl (C=O) groups excluding carboxylic acids is 5. The second-order valence-corrected chi connectivity index (χ2v) is 21.6. The summed E-state index contributed by atoms with van der Waals surface area (Å²) in [5.74, 6) is 0.0102. The van der Waals surface area contributed by atoms with E-state index >= 15 is 0 Å². The van der Waals surface area contributed by atoms with E-state index < -0.39 is 29.5 Å². The van der Waals surface area contributed by atoms with Crippen molar-refractivity contribution in [2.45, 2.75) is 129 Å². The number of aliphatic hydroxyl groups is 1. The largest absolute Gasteiger partial charge is 0.391 e. The Morgan fingerprint density at radius 2 is 1.69 bits per heavy atom. The molecule has 9 rings (SSSR count). The highest BCUT2D eigenvalue weighted by atomic mass is 32.1. The van der Waals surface area contributed by atoms with Crippen molar-refractivity contribution in [2.24, 2.45) is 5.41 Å². The summed E-state index contributed by atoms with van der Waals surface area (Å²) in [6.07, 6.45) is 10.7. The number of benzene rings is 1. The molecular formula is C52H66N12O6S.